The van der Waals surface area contributed by atoms with Crippen molar-refractivity contribution >= 4 is 59.9 Å². The summed E-state index contributed by atoms with van der Waals surface area (Å²) in [6.45, 7) is 7.37. The Morgan fingerprint density at radius 3 is 2.63 bits per heavy atom. The maximum absolute atomic E-state index is 15.2. The number of fused-ring (bicyclic) bond motifs is 1. The second-order valence-corrected chi connectivity index (χ2v) is 20.2. The number of nitrogens with one attached hydrogen (secondary N) is 1. The summed E-state index contributed by atoms with van der Waals surface area (Å²) in [6.07, 6.45) is 2.00. The lowest BCUT2D eigenvalue weighted by molar-refractivity contribution is -0.133. The number of carbonyl (C=O) groups is 3. The first-order valence-electron chi connectivity index (χ1n) is 16.7. The summed E-state index contributed by atoms with van der Waals surface area (Å²) in [4.78, 5) is 54.5. The first-order chi connectivity index (χ1) is 24.3. The lowest BCUT2D eigenvalue weighted by Crippen LogP contribution is -2.56. The van der Waals surface area contributed by atoms with Gasteiger partial charge in [0.25, 0.3) is 11.8 Å². The van der Waals surface area contributed by atoms with Crippen LogP contribution in [-0.4, -0.2) is 64.9 Å². The van der Waals surface area contributed by atoms with Crippen LogP contribution in [0.1, 0.15) is 42.9 Å². The molecule has 0 spiro atoms. The Hall–Kier alpha value is -4.71. The first kappa shape index (κ1) is 36.1. The standard InChI is InChI=1S/C36H38ClF2N7O4Si/c1-51(2,3)16-15-50-22-44-21-42-27-9-6-10-28(33(27)44)46(35(49)29-11-12-31(47)45(29)30-17-23(20-40)13-14-41-30)32(25-7-4-5-8-26(25)37)34(48)43-24-18-36(38,39)19-24/h4-10,13-14,17,21,24,29,32H,11-12,15-16,18-19,22H2,1-3H3,(H,43,48)/t29-,32?/m0/s1. The average molecular weight is 734 g/mol. The number of alkyl halides is 2. The third-order valence-corrected chi connectivity index (χ3v) is 11.2. The summed E-state index contributed by atoms with van der Waals surface area (Å²) in [7, 11) is -1.39. The van der Waals surface area contributed by atoms with Crippen molar-refractivity contribution in [2.45, 2.75) is 82.1 Å². The van der Waals surface area contributed by atoms with E-state index < -0.39 is 56.8 Å². The molecule has 0 radical (unpaired) electrons. The van der Waals surface area contributed by atoms with Gasteiger partial charge in [-0.2, -0.15) is 5.26 Å². The van der Waals surface area contributed by atoms with Gasteiger partial charge >= 0.3 is 0 Å². The maximum Gasteiger partial charge on any atom is 0.252 e. The van der Waals surface area contributed by atoms with E-state index in [1.807, 2.05) is 6.07 Å². The Bertz CT molecular complexity index is 2000. The normalized spacial score (nSPS) is 17.9. The van der Waals surface area contributed by atoms with Crippen LogP contribution in [0.4, 0.5) is 20.3 Å². The number of benzene rings is 2. The smallest absolute Gasteiger partial charge is 0.252 e. The van der Waals surface area contributed by atoms with E-state index in [9.17, 15) is 23.6 Å². The molecule has 2 aliphatic rings. The molecule has 3 amide bonds. The highest BCUT2D eigenvalue weighted by molar-refractivity contribution is 6.76. The highest BCUT2D eigenvalue weighted by Gasteiger charge is 2.49. The number of para-hydroxylation sites is 1. The molecule has 6 rings (SSSR count). The van der Waals surface area contributed by atoms with E-state index in [1.54, 1.807) is 53.4 Å². The molecule has 4 aromatic rings. The number of halogens is 3. The summed E-state index contributed by atoms with van der Waals surface area (Å²) >= 11 is 6.74. The van der Waals surface area contributed by atoms with Crippen LogP contribution in [0.3, 0.4) is 0 Å². The highest BCUT2D eigenvalue weighted by atomic mass is 35.5. The maximum atomic E-state index is 15.2. The quantitative estimate of drug-likeness (QED) is 0.131. The van der Waals surface area contributed by atoms with E-state index >= 15 is 4.79 Å². The molecule has 2 atom stereocenters. The number of pyridine rings is 1. The fraction of sp³-hybridized carbons (Fsp3) is 0.389. The van der Waals surface area contributed by atoms with Gasteiger partial charge in [-0.3, -0.25) is 24.2 Å². The molecule has 2 aromatic carbocycles. The van der Waals surface area contributed by atoms with Crippen LogP contribution < -0.4 is 15.1 Å². The topological polar surface area (TPSA) is 133 Å². The zero-order valence-corrected chi connectivity index (χ0v) is 30.2. The second-order valence-electron chi connectivity index (χ2n) is 14.1. The van der Waals surface area contributed by atoms with Crippen molar-refractivity contribution in [3.63, 3.8) is 0 Å². The zero-order chi connectivity index (χ0) is 36.5. The number of nitrogens with zero attached hydrogens (tertiary/aromatic N) is 6. The molecule has 1 saturated carbocycles. The van der Waals surface area contributed by atoms with Gasteiger partial charge in [0.05, 0.1) is 34.7 Å². The van der Waals surface area contributed by atoms with Crippen molar-refractivity contribution in [1.82, 2.24) is 19.9 Å². The zero-order valence-electron chi connectivity index (χ0n) is 28.5. The molecule has 15 heteroatoms. The molecule has 0 bridgehead atoms. The van der Waals surface area contributed by atoms with Crippen LogP contribution in [0.2, 0.25) is 30.7 Å². The Balaban J connectivity index is 1.49. The first-order valence-corrected chi connectivity index (χ1v) is 20.8. The van der Waals surface area contributed by atoms with Gasteiger partial charge in [-0.15, -0.1) is 0 Å². The molecule has 266 valence electrons. The molecule has 3 heterocycles. The van der Waals surface area contributed by atoms with E-state index in [1.165, 1.54) is 28.1 Å². The minimum Gasteiger partial charge on any atom is -0.361 e. The number of anilines is 2. The van der Waals surface area contributed by atoms with Crippen LogP contribution in [0.15, 0.2) is 67.1 Å². The summed E-state index contributed by atoms with van der Waals surface area (Å²) in [6, 6.07) is 14.1. The lowest BCUT2D eigenvalue weighted by atomic mass is 9.87. The molecule has 1 saturated heterocycles. The van der Waals surface area contributed by atoms with E-state index in [0.717, 1.165) is 6.04 Å². The van der Waals surface area contributed by atoms with E-state index in [0.29, 0.717) is 17.6 Å². The summed E-state index contributed by atoms with van der Waals surface area (Å²) in [5.74, 6) is -4.53. The van der Waals surface area contributed by atoms with Crippen molar-refractivity contribution in [2.75, 3.05) is 16.4 Å². The number of carbonyl (C=O) groups excluding carboxylic acids is 3. The van der Waals surface area contributed by atoms with Crippen LogP contribution in [0.5, 0.6) is 0 Å². The number of ether oxygens (including phenoxy) is 1. The molecule has 51 heavy (non-hydrogen) atoms. The molecule has 11 nitrogen and oxygen atoms in total. The Morgan fingerprint density at radius 1 is 1.16 bits per heavy atom. The second kappa shape index (κ2) is 14.5. The fourth-order valence-electron chi connectivity index (χ4n) is 6.45. The third kappa shape index (κ3) is 7.80. The van der Waals surface area contributed by atoms with Crippen LogP contribution >= 0.6 is 11.6 Å². The fourth-order valence-corrected chi connectivity index (χ4v) is 7.44. The van der Waals surface area contributed by atoms with E-state index in [4.69, 9.17) is 16.3 Å². The number of hydrogen-bond donors (Lipinski definition) is 1. The number of amides is 3. The molecule has 1 aliphatic carbocycles. The van der Waals surface area contributed by atoms with Crippen molar-refractivity contribution in [1.29, 1.82) is 5.26 Å². The van der Waals surface area contributed by atoms with E-state index in [2.05, 4.69) is 34.9 Å². The minimum absolute atomic E-state index is 0.00981. The lowest BCUT2D eigenvalue weighted by Gasteiger charge is -2.39. The Labute approximate surface area is 300 Å². The average Bonchev–Trinajstić information content (AvgIpc) is 3.68. The van der Waals surface area contributed by atoms with Crippen LogP contribution in [-0.2, 0) is 25.9 Å². The number of imidazole rings is 1. The molecule has 1 aliphatic heterocycles. The molecular formula is C36H38ClF2N7O4Si. The minimum atomic E-state index is -2.91. The summed E-state index contributed by atoms with van der Waals surface area (Å²) in [5, 5.41) is 12.4. The molecule has 2 aromatic heterocycles. The number of rotatable bonds is 12. The molecular weight excluding hydrogens is 696 g/mol. The third-order valence-electron chi connectivity index (χ3n) is 9.10. The highest BCUT2D eigenvalue weighted by Crippen LogP contribution is 2.41. The van der Waals surface area contributed by atoms with Gasteiger partial charge in [0.2, 0.25) is 11.8 Å². The number of hydrogen-bond acceptors (Lipinski definition) is 7. The van der Waals surface area contributed by atoms with Crippen molar-refractivity contribution in [3.05, 3.63) is 83.3 Å². The summed E-state index contributed by atoms with van der Waals surface area (Å²) < 4.78 is 35.7. The number of nitriles is 1. The largest absolute Gasteiger partial charge is 0.361 e. The molecule has 1 unspecified atom stereocenters. The van der Waals surface area contributed by atoms with Gasteiger partial charge in [0.1, 0.15) is 24.6 Å². The van der Waals surface area contributed by atoms with Gasteiger partial charge in [-0.05, 0) is 42.8 Å². The van der Waals surface area contributed by atoms with Gasteiger partial charge in [0, 0.05) is 56.8 Å². The van der Waals surface area contributed by atoms with Gasteiger partial charge in [-0.1, -0.05) is 55.5 Å². The van der Waals surface area contributed by atoms with Crippen molar-refractivity contribution < 1.29 is 27.9 Å². The van der Waals surface area contributed by atoms with Crippen LogP contribution in [0, 0.1) is 11.3 Å². The Kier molecular flexibility index (Phi) is 10.3. The van der Waals surface area contributed by atoms with Crippen molar-refractivity contribution in [3.8, 4) is 6.07 Å². The Morgan fingerprint density at radius 2 is 1.92 bits per heavy atom. The predicted octanol–water partition coefficient (Wildman–Crippen LogP) is 6.45. The summed E-state index contributed by atoms with van der Waals surface area (Å²) in [5.41, 5.74) is 1.78. The molecule has 2 fully saturated rings. The van der Waals surface area contributed by atoms with E-state index in [-0.39, 0.29) is 53.1 Å². The van der Waals surface area contributed by atoms with Crippen molar-refractivity contribution in [2.24, 2.45) is 0 Å². The molecule has 1 N–H and O–H groups in total. The van der Waals surface area contributed by atoms with Gasteiger partial charge in [-0.25, -0.2) is 18.7 Å². The predicted molar refractivity (Wildman–Crippen MR) is 191 cm³/mol. The monoisotopic (exact) mass is 733 g/mol. The van der Waals surface area contributed by atoms with Gasteiger partial charge in [0.15, 0.2) is 0 Å². The van der Waals surface area contributed by atoms with Crippen LogP contribution in [0.25, 0.3) is 11.0 Å². The number of aromatic nitrogens is 3. The SMILES string of the molecule is C[Si](C)(C)CCOCn1cnc2cccc(N(C(=O)[C@@H]3CCC(=O)N3c3cc(C#N)ccn3)C(C(=O)NC3CC(F)(F)C3)c3ccccc3Cl)c21. The van der Waals surface area contributed by atoms with Gasteiger partial charge < -0.3 is 14.6 Å².